The second-order valence-corrected chi connectivity index (χ2v) is 9.07. The Labute approximate surface area is 106 Å². The van der Waals surface area contributed by atoms with Crippen molar-refractivity contribution in [1.29, 1.82) is 0 Å². The summed E-state index contributed by atoms with van der Waals surface area (Å²) in [5, 5.41) is 10.3. The van der Waals surface area contributed by atoms with E-state index in [0.29, 0.717) is 5.19 Å². The lowest BCUT2D eigenvalue weighted by Gasteiger charge is -2.24. The molecule has 0 unspecified atom stereocenters. The Balaban J connectivity index is 3.57. The van der Waals surface area contributed by atoms with Crippen LogP contribution in [0.5, 0.6) is 5.75 Å². The molecular formula is C12H18BrFOSi. The molecule has 0 spiro atoms. The maximum atomic E-state index is 13.8. The molecule has 0 heterocycles. The molecule has 1 aromatic rings. The number of phenols is 1. The van der Waals surface area contributed by atoms with Gasteiger partial charge in [0, 0.05) is 4.47 Å². The minimum Gasteiger partial charge on any atom is -0.505 e. The number of hydrogen-bond donors (Lipinski definition) is 1. The van der Waals surface area contributed by atoms with Gasteiger partial charge in [-0.25, -0.2) is 4.39 Å². The van der Waals surface area contributed by atoms with Crippen LogP contribution < -0.4 is 5.19 Å². The van der Waals surface area contributed by atoms with Gasteiger partial charge in [-0.15, -0.1) is 0 Å². The zero-order chi connectivity index (χ0) is 12.7. The van der Waals surface area contributed by atoms with E-state index in [-0.39, 0.29) is 11.2 Å². The molecule has 0 radical (unpaired) electrons. The van der Waals surface area contributed by atoms with Crippen LogP contribution in [0.4, 0.5) is 4.39 Å². The molecule has 90 valence electrons. The predicted molar refractivity (Wildman–Crippen MR) is 73.0 cm³/mol. The first-order valence-corrected chi connectivity index (χ1v) is 9.05. The van der Waals surface area contributed by atoms with E-state index in [4.69, 9.17) is 0 Å². The number of aromatic hydroxyl groups is 1. The normalized spacial score (nSPS) is 12.2. The monoisotopic (exact) mass is 304 g/mol. The highest BCUT2D eigenvalue weighted by molar-refractivity contribution is 9.10. The van der Waals surface area contributed by atoms with Crippen molar-refractivity contribution in [2.45, 2.75) is 39.3 Å². The molecule has 0 fully saturated rings. The van der Waals surface area contributed by atoms with E-state index in [1.807, 2.05) is 0 Å². The van der Waals surface area contributed by atoms with Crippen molar-refractivity contribution in [3.8, 4) is 5.75 Å². The topological polar surface area (TPSA) is 20.2 Å². The first kappa shape index (κ1) is 13.7. The SMILES string of the molecule is C[SiH](C)c1c(F)c(O)cc(C(C)(C)C)c1Br. The minimum absolute atomic E-state index is 0.109. The van der Waals surface area contributed by atoms with Crippen molar-refractivity contribution in [2.24, 2.45) is 0 Å². The fraction of sp³-hybridized carbons (Fsp3) is 0.500. The molecule has 1 aromatic carbocycles. The van der Waals surface area contributed by atoms with Crippen LogP contribution in [0.15, 0.2) is 10.5 Å². The predicted octanol–water partition coefficient (Wildman–Crippen LogP) is 3.29. The molecule has 0 saturated heterocycles. The molecule has 0 aliphatic heterocycles. The maximum absolute atomic E-state index is 13.8. The number of phenolic OH excluding ortho intramolecular Hbond substituents is 1. The first-order valence-electron chi connectivity index (χ1n) is 5.37. The summed E-state index contributed by atoms with van der Waals surface area (Å²) in [6.45, 7) is 10.3. The van der Waals surface area contributed by atoms with Crippen LogP contribution in [0.3, 0.4) is 0 Å². The van der Waals surface area contributed by atoms with Crippen LogP contribution in [0, 0.1) is 5.82 Å². The van der Waals surface area contributed by atoms with Gasteiger partial charge in [-0.1, -0.05) is 49.8 Å². The molecule has 0 aromatic heterocycles. The highest BCUT2D eigenvalue weighted by Gasteiger charge is 2.25. The van der Waals surface area contributed by atoms with Crippen molar-refractivity contribution < 1.29 is 9.50 Å². The zero-order valence-electron chi connectivity index (χ0n) is 10.4. The van der Waals surface area contributed by atoms with E-state index in [1.54, 1.807) is 0 Å². The van der Waals surface area contributed by atoms with Gasteiger partial charge in [0.1, 0.15) is 0 Å². The van der Waals surface area contributed by atoms with Gasteiger partial charge in [-0.2, -0.15) is 0 Å². The van der Waals surface area contributed by atoms with Crippen molar-refractivity contribution in [1.82, 2.24) is 0 Å². The highest BCUT2D eigenvalue weighted by Crippen LogP contribution is 2.33. The lowest BCUT2D eigenvalue weighted by Crippen LogP contribution is -2.30. The summed E-state index contributed by atoms with van der Waals surface area (Å²) in [5.41, 5.74) is 0.852. The fourth-order valence-corrected chi connectivity index (χ4v) is 5.27. The molecule has 0 aliphatic rings. The molecule has 0 atom stereocenters. The van der Waals surface area contributed by atoms with E-state index < -0.39 is 14.6 Å². The number of rotatable bonds is 1. The summed E-state index contributed by atoms with van der Waals surface area (Å²) in [4.78, 5) is 0. The van der Waals surface area contributed by atoms with Gasteiger partial charge in [-0.3, -0.25) is 0 Å². The van der Waals surface area contributed by atoms with Gasteiger partial charge in [0.15, 0.2) is 11.6 Å². The lowest BCUT2D eigenvalue weighted by atomic mass is 9.87. The van der Waals surface area contributed by atoms with Crippen molar-refractivity contribution in [3.05, 3.63) is 21.9 Å². The van der Waals surface area contributed by atoms with Crippen molar-refractivity contribution >= 4 is 29.9 Å². The van der Waals surface area contributed by atoms with Gasteiger partial charge >= 0.3 is 0 Å². The number of hydrogen-bond acceptors (Lipinski definition) is 1. The Kier molecular flexibility index (Phi) is 3.85. The maximum Gasteiger partial charge on any atom is 0.164 e. The van der Waals surface area contributed by atoms with E-state index in [1.165, 1.54) is 6.07 Å². The molecule has 0 saturated carbocycles. The molecular weight excluding hydrogens is 287 g/mol. The summed E-state index contributed by atoms with van der Waals surface area (Å²) in [6, 6.07) is 1.53. The third-order valence-corrected chi connectivity index (χ3v) is 5.57. The van der Waals surface area contributed by atoms with Crippen LogP contribution in [0.25, 0.3) is 0 Å². The molecule has 1 N–H and O–H groups in total. The Hall–Kier alpha value is -0.353. The number of benzene rings is 1. The quantitative estimate of drug-likeness (QED) is 0.790. The van der Waals surface area contributed by atoms with Gasteiger partial charge in [0.2, 0.25) is 0 Å². The Morgan fingerprint density at radius 3 is 2.19 bits per heavy atom. The molecule has 1 nitrogen and oxygen atoms in total. The van der Waals surface area contributed by atoms with Crippen LogP contribution >= 0.6 is 15.9 Å². The summed E-state index contributed by atoms with van der Waals surface area (Å²) < 4.78 is 14.7. The average Bonchev–Trinajstić information content (AvgIpc) is 2.09. The average molecular weight is 305 g/mol. The van der Waals surface area contributed by atoms with Crippen LogP contribution in [0.2, 0.25) is 13.1 Å². The van der Waals surface area contributed by atoms with Gasteiger partial charge in [0.25, 0.3) is 0 Å². The second-order valence-electron chi connectivity index (χ2n) is 5.39. The molecule has 16 heavy (non-hydrogen) atoms. The largest absolute Gasteiger partial charge is 0.505 e. The standard InChI is InChI=1S/C12H18BrFOSi/c1-12(2,3)7-6-8(15)10(14)11(9(7)13)16(4)5/h6,15-16H,1-5H3. The summed E-state index contributed by atoms with van der Waals surface area (Å²) in [5.74, 6) is -0.689. The van der Waals surface area contributed by atoms with E-state index in [2.05, 4.69) is 49.8 Å². The smallest absolute Gasteiger partial charge is 0.164 e. The zero-order valence-corrected chi connectivity index (χ0v) is 13.1. The van der Waals surface area contributed by atoms with E-state index in [9.17, 15) is 9.50 Å². The van der Waals surface area contributed by atoms with Crippen LogP contribution in [-0.2, 0) is 5.41 Å². The summed E-state index contributed by atoms with van der Waals surface area (Å²) in [6.07, 6.45) is 0. The van der Waals surface area contributed by atoms with Crippen molar-refractivity contribution in [2.75, 3.05) is 0 Å². The van der Waals surface area contributed by atoms with E-state index in [0.717, 1.165) is 10.0 Å². The van der Waals surface area contributed by atoms with Gasteiger partial charge in [-0.05, 0) is 22.2 Å². The van der Waals surface area contributed by atoms with E-state index >= 15 is 0 Å². The number of halogens is 2. The lowest BCUT2D eigenvalue weighted by molar-refractivity contribution is 0.431. The summed E-state index contributed by atoms with van der Waals surface area (Å²) in [7, 11) is -1.32. The van der Waals surface area contributed by atoms with Crippen LogP contribution in [0.1, 0.15) is 26.3 Å². The third kappa shape index (κ3) is 2.48. The van der Waals surface area contributed by atoms with Gasteiger partial charge in [0.05, 0.1) is 8.80 Å². The van der Waals surface area contributed by atoms with Crippen molar-refractivity contribution in [3.63, 3.8) is 0 Å². The molecule has 0 aliphatic carbocycles. The van der Waals surface area contributed by atoms with Gasteiger partial charge < -0.3 is 5.11 Å². The fourth-order valence-electron chi connectivity index (χ4n) is 1.70. The molecule has 4 heteroatoms. The molecule has 0 amide bonds. The second kappa shape index (κ2) is 4.49. The van der Waals surface area contributed by atoms with Crippen LogP contribution in [-0.4, -0.2) is 13.9 Å². The Bertz CT molecular complexity index is 410. The molecule has 0 bridgehead atoms. The minimum atomic E-state index is -1.32. The third-order valence-electron chi connectivity index (χ3n) is 2.60. The summed E-state index contributed by atoms with van der Waals surface area (Å²) >= 11 is 3.49. The highest BCUT2D eigenvalue weighted by atomic mass is 79.9. The Morgan fingerprint density at radius 2 is 1.81 bits per heavy atom. The first-order chi connectivity index (χ1) is 7.16. The Morgan fingerprint density at radius 1 is 1.31 bits per heavy atom. The molecule has 1 rings (SSSR count).